The Balaban J connectivity index is 1.47. The second-order valence-corrected chi connectivity index (χ2v) is 6.96. The summed E-state index contributed by atoms with van der Waals surface area (Å²) < 4.78 is 19.3. The molecule has 0 aliphatic carbocycles. The van der Waals surface area contributed by atoms with E-state index in [2.05, 4.69) is 26.0 Å². The Bertz CT molecular complexity index is 1020. The second-order valence-electron chi connectivity index (χ2n) is 6.01. The minimum Gasteiger partial charge on any atom is -0.497 e. The topological polar surface area (TPSA) is 119 Å². The lowest BCUT2D eigenvalue weighted by Gasteiger charge is -2.05. The third-order valence-electron chi connectivity index (χ3n) is 3.87. The molecule has 156 valence electrons. The molecule has 4 N–H and O–H groups in total. The van der Waals surface area contributed by atoms with Crippen LogP contribution in [0.3, 0.4) is 0 Å². The van der Waals surface area contributed by atoms with E-state index in [1.165, 1.54) is 16.8 Å². The molecule has 0 saturated heterocycles. The molecule has 0 saturated carbocycles. The molecule has 1 amide bonds. The summed E-state index contributed by atoms with van der Waals surface area (Å²) in [5.74, 6) is 6.46. The first-order valence-corrected chi connectivity index (χ1v) is 9.81. The van der Waals surface area contributed by atoms with Crippen LogP contribution in [0.4, 0.5) is 10.3 Å². The van der Waals surface area contributed by atoms with Crippen LogP contribution in [-0.2, 0) is 11.3 Å². The van der Waals surface area contributed by atoms with Crippen molar-refractivity contribution in [2.45, 2.75) is 11.7 Å². The second kappa shape index (κ2) is 10.3. The van der Waals surface area contributed by atoms with Crippen LogP contribution in [0.1, 0.15) is 11.1 Å². The maximum Gasteiger partial charge on any atom is 0.264 e. The van der Waals surface area contributed by atoms with Crippen LogP contribution in [0.5, 0.6) is 5.75 Å². The van der Waals surface area contributed by atoms with E-state index in [0.717, 1.165) is 28.6 Å². The van der Waals surface area contributed by atoms with Crippen molar-refractivity contribution in [1.29, 1.82) is 0 Å². The number of thioether (sulfide) groups is 1. The molecule has 30 heavy (non-hydrogen) atoms. The third kappa shape index (κ3) is 5.95. The van der Waals surface area contributed by atoms with Crippen molar-refractivity contribution >= 4 is 29.8 Å². The van der Waals surface area contributed by atoms with Crippen molar-refractivity contribution in [1.82, 2.24) is 20.2 Å². The summed E-state index contributed by atoms with van der Waals surface area (Å²) in [5, 5.41) is 15.0. The fourth-order valence-corrected chi connectivity index (χ4v) is 3.01. The fourth-order valence-electron chi connectivity index (χ4n) is 2.32. The highest BCUT2D eigenvalue weighted by Gasteiger charge is 2.12. The van der Waals surface area contributed by atoms with Crippen LogP contribution in [-0.4, -0.2) is 39.9 Å². The van der Waals surface area contributed by atoms with Crippen LogP contribution in [0, 0.1) is 5.82 Å². The van der Waals surface area contributed by atoms with Gasteiger partial charge in [-0.1, -0.05) is 36.0 Å². The Kier molecular flexibility index (Phi) is 7.22. The van der Waals surface area contributed by atoms with Crippen molar-refractivity contribution in [2.75, 3.05) is 24.1 Å². The van der Waals surface area contributed by atoms with Gasteiger partial charge in [-0.25, -0.2) is 14.5 Å². The Hall–Kier alpha value is -3.60. The third-order valence-corrected chi connectivity index (χ3v) is 4.81. The highest BCUT2D eigenvalue weighted by atomic mass is 32.2. The van der Waals surface area contributed by atoms with Gasteiger partial charge >= 0.3 is 0 Å². The number of hydrogen-bond donors (Lipinski definition) is 3. The van der Waals surface area contributed by atoms with Crippen molar-refractivity contribution < 1.29 is 13.9 Å². The highest BCUT2D eigenvalue weighted by molar-refractivity contribution is 7.99. The van der Waals surface area contributed by atoms with Gasteiger partial charge in [-0.2, -0.15) is 5.10 Å². The molecule has 0 atom stereocenters. The largest absolute Gasteiger partial charge is 0.497 e. The van der Waals surface area contributed by atoms with E-state index in [0.29, 0.717) is 11.7 Å². The molecule has 3 rings (SSSR count). The zero-order chi connectivity index (χ0) is 21.3. The number of rotatable bonds is 9. The molecular formula is C19H20FN7O2S. The van der Waals surface area contributed by atoms with E-state index in [9.17, 15) is 9.18 Å². The summed E-state index contributed by atoms with van der Waals surface area (Å²) in [6, 6.07) is 13.3. The smallest absolute Gasteiger partial charge is 0.264 e. The van der Waals surface area contributed by atoms with E-state index in [1.807, 2.05) is 24.3 Å². The number of amides is 1. The maximum atomic E-state index is 12.9. The Morgan fingerprint density at radius 1 is 1.30 bits per heavy atom. The average molecular weight is 429 g/mol. The molecule has 0 unspecified atom stereocenters. The monoisotopic (exact) mass is 429 g/mol. The number of nitrogen functional groups attached to an aromatic ring is 1. The molecule has 0 spiro atoms. The Morgan fingerprint density at radius 3 is 2.87 bits per heavy atom. The quantitative estimate of drug-likeness (QED) is 0.206. The lowest BCUT2D eigenvalue weighted by Crippen LogP contribution is -2.25. The number of carbonyl (C=O) groups is 1. The number of nitrogens with zero attached hydrogens (tertiary/aromatic N) is 4. The predicted octanol–water partition coefficient (Wildman–Crippen LogP) is 1.99. The Morgan fingerprint density at radius 2 is 2.10 bits per heavy atom. The van der Waals surface area contributed by atoms with Gasteiger partial charge in [0.2, 0.25) is 11.1 Å². The zero-order valence-corrected chi connectivity index (χ0v) is 16.9. The van der Waals surface area contributed by atoms with Gasteiger partial charge in [0.05, 0.1) is 19.1 Å². The first-order valence-electron chi connectivity index (χ1n) is 8.82. The minimum atomic E-state index is -0.319. The number of anilines is 1. The number of nitrogens with two attached hydrogens (primary N) is 1. The molecule has 0 aliphatic rings. The molecule has 3 aromatic rings. The minimum absolute atomic E-state index is 0.101. The van der Waals surface area contributed by atoms with E-state index >= 15 is 0 Å². The number of ether oxygens (including phenoxy) is 1. The molecular weight excluding hydrogens is 409 g/mol. The van der Waals surface area contributed by atoms with E-state index in [-0.39, 0.29) is 23.4 Å². The fraction of sp³-hybridized carbons (Fsp3) is 0.158. The number of hydrazone groups is 1. The van der Waals surface area contributed by atoms with Crippen molar-refractivity contribution in [3.8, 4) is 5.75 Å². The number of aromatic nitrogens is 3. The van der Waals surface area contributed by atoms with E-state index in [1.54, 1.807) is 25.5 Å². The standard InChI is InChI=1S/C19H20FN7O2S/c1-29-16-4-2-3-14(9-16)11-23-24-18-25-26-19(27(18)21)30-12-17(28)22-10-13-5-7-15(20)8-6-13/h2-9,11H,10,12,21H2,1H3,(H,22,28)(H,24,25)/b23-11+. The number of halogens is 1. The maximum absolute atomic E-state index is 12.9. The lowest BCUT2D eigenvalue weighted by atomic mass is 10.2. The molecule has 2 aromatic carbocycles. The number of hydrogen-bond acceptors (Lipinski definition) is 8. The van der Waals surface area contributed by atoms with Gasteiger partial charge in [0.1, 0.15) is 11.6 Å². The molecule has 11 heteroatoms. The van der Waals surface area contributed by atoms with Gasteiger partial charge in [-0.15, -0.1) is 10.2 Å². The van der Waals surface area contributed by atoms with Gasteiger partial charge in [0.25, 0.3) is 5.95 Å². The van der Waals surface area contributed by atoms with Crippen LogP contribution in [0.2, 0.25) is 0 Å². The van der Waals surface area contributed by atoms with Gasteiger partial charge in [0.15, 0.2) is 0 Å². The first kappa shape index (κ1) is 21.1. The average Bonchev–Trinajstić information content (AvgIpc) is 3.11. The van der Waals surface area contributed by atoms with Crippen LogP contribution >= 0.6 is 11.8 Å². The SMILES string of the molecule is COc1cccc(/C=N/Nc2nnc(SCC(=O)NCc3ccc(F)cc3)n2N)c1. The number of nitrogens with one attached hydrogen (secondary N) is 2. The zero-order valence-electron chi connectivity index (χ0n) is 16.1. The summed E-state index contributed by atoms with van der Waals surface area (Å²) in [6.45, 7) is 0.306. The number of carbonyl (C=O) groups excluding carboxylic acids is 1. The van der Waals surface area contributed by atoms with Crippen LogP contribution in [0.25, 0.3) is 0 Å². The summed E-state index contributed by atoms with van der Waals surface area (Å²) >= 11 is 1.13. The van der Waals surface area contributed by atoms with Crippen molar-refractivity contribution in [3.63, 3.8) is 0 Å². The van der Waals surface area contributed by atoms with Crippen LogP contribution in [0.15, 0.2) is 58.8 Å². The molecule has 0 bridgehead atoms. The molecule has 0 aliphatic heterocycles. The molecule has 0 fully saturated rings. The van der Waals surface area contributed by atoms with Crippen molar-refractivity contribution in [2.24, 2.45) is 5.10 Å². The molecule has 9 nitrogen and oxygen atoms in total. The summed E-state index contributed by atoms with van der Waals surface area (Å²) in [4.78, 5) is 12.0. The van der Waals surface area contributed by atoms with Gasteiger partial charge in [-0.05, 0) is 35.4 Å². The number of benzene rings is 2. The summed E-state index contributed by atoms with van der Waals surface area (Å²) in [7, 11) is 1.59. The summed E-state index contributed by atoms with van der Waals surface area (Å²) in [6.07, 6.45) is 1.59. The van der Waals surface area contributed by atoms with Gasteiger partial charge in [-0.3, -0.25) is 4.79 Å². The van der Waals surface area contributed by atoms with E-state index < -0.39 is 0 Å². The number of methoxy groups -OCH3 is 1. The van der Waals surface area contributed by atoms with E-state index in [4.69, 9.17) is 10.6 Å². The highest BCUT2D eigenvalue weighted by Crippen LogP contribution is 2.16. The van der Waals surface area contributed by atoms with Gasteiger partial charge in [0, 0.05) is 6.54 Å². The molecule has 0 radical (unpaired) electrons. The molecule has 1 heterocycles. The lowest BCUT2D eigenvalue weighted by molar-refractivity contribution is -0.118. The first-order chi connectivity index (χ1) is 14.5. The molecule has 1 aromatic heterocycles. The summed E-state index contributed by atoms with van der Waals surface area (Å²) in [5.41, 5.74) is 4.34. The van der Waals surface area contributed by atoms with Crippen molar-refractivity contribution in [3.05, 3.63) is 65.5 Å². The van der Waals surface area contributed by atoms with Crippen LogP contribution < -0.4 is 21.3 Å². The normalized spacial score (nSPS) is 10.9. The Labute approximate surface area is 176 Å². The van der Waals surface area contributed by atoms with Gasteiger partial charge < -0.3 is 15.9 Å². The predicted molar refractivity (Wildman–Crippen MR) is 113 cm³/mol.